The first kappa shape index (κ1) is 22.5. The summed E-state index contributed by atoms with van der Waals surface area (Å²) in [7, 11) is 1.40. The van der Waals surface area contributed by atoms with Crippen LogP contribution in [0.4, 0.5) is 5.00 Å². The molecule has 4 rings (SSSR count). The summed E-state index contributed by atoms with van der Waals surface area (Å²) in [6.45, 7) is 6.65. The molecular formula is C25H27N3O2S2. The normalized spacial score (nSPS) is 14.2. The monoisotopic (exact) mass is 465 g/mol. The largest absolute Gasteiger partial charge is 0.465 e. The average Bonchev–Trinajstić information content (AvgIpc) is 3.25. The van der Waals surface area contributed by atoms with E-state index in [1.165, 1.54) is 29.6 Å². The van der Waals surface area contributed by atoms with E-state index in [9.17, 15) is 4.79 Å². The molecule has 5 nitrogen and oxygen atoms in total. The smallest absolute Gasteiger partial charge is 0.340 e. The Morgan fingerprint density at radius 3 is 2.41 bits per heavy atom. The number of ether oxygens (including phenoxy) is 1. The van der Waals surface area contributed by atoms with Crippen molar-refractivity contribution in [2.75, 3.05) is 38.6 Å². The number of thiophene rings is 1. The number of hydrogen-bond acceptors (Lipinski definition) is 5. The number of esters is 1. The summed E-state index contributed by atoms with van der Waals surface area (Å²) >= 11 is 7.21. The molecule has 0 amide bonds. The third-order valence-corrected chi connectivity index (χ3v) is 7.06. The number of benzene rings is 2. The van der Waals surface area contributed by atoms with E-state index in [2.05, 4.69) is 46.3 Å². The quantitative estimate of drug-likeness (QED) is 0.421. The Morgan fingerprint density at radius 2 is 1.75 bits per heavy atom. The molecule has 0 spiro atoms. The molecule has 0 unspecified atom stereocenters. The van der Waals surface area contributed by atoms with Crippen LogP contribution in [-0.4, -0.2) is 54.2 Å². The Labute approximate surface area is 198 Å². The van der Waals surface area contributed by atoms with E-state index >= 15 is 0 Å². The Balaban J connectivity index is 1.40. The van der Waals surface area contributed by atoms with Gasteiger partial charge in [0, 0.05) is 37.6 Å². The van der Waals surface area contributed by atoms with Crippen LogP contribution in [0.1, 0.15) is 21.5 Å². The van der Waals surface area contributed by atoms with Gasteiger partial charge in [-0.3, -0.25) is 4.90 Å². The van der Waals surface area contributed by atoms with Crippen molar-refractivity contribution < 1.29 is 9.53 Å². The van der Waals surface area contributed by atoms with Gasteiger partial charge in [-0.1, -0.05) is 60.2 Å². The molecule has 32 heavy (non-hydrogen) atoms. The van der Waals surface area contributed by atoms with Crippen LogP contribution in [-0.2, 0) is 11.3 Å². The number of piperazine rings is 1. The molecule has 166 valence electrons. The zero-order valence-corrected chi connectivity index (χ0v) is 20.0. The predicted molar refractivity (Wildman–Crippen MR) is 135 cm³/mol. The number of nitrogens with zero attached hydrogens (tertiary/aromatic N) is 2. The van der Waals surface area contributed by atoms with E-state index in [0.717, 1.165) is 48.2 Å². The molecule has 0 bridgehead atoms. The van der Waals surface area contributed by atoms with E-state index in [1.54, 1.807) is 0 Å². The highest BCUT2D eigenvalue weighted by molar-refractivity contribution is 7.80. The van der Waals surface area contributed by atoms with Gasteiger partial charge in [-0.2, -0.15) is 0 Å². The highest BCUT2D eigenvalue weighted by Crippen LogP contribution is 2.36. The predicted octanol–water partition coefficient (Wildman–Crippen LogP) is 5.02. The van der Waals surface area contributed by atoms with Gasteiger partial charge in [-0.15, -0.1) is 11.3 Å². The molecule has 1 saturated heterocycles. The van der Waals surface area contributed by atoms with Crippen LogP contribution in [0.25, 0.3) is 10.4 Å². The van der Waals surface area contributed by atoms with Crippen LogP contribution in [0.15, 0.2) is 60.7 Å². The second-order valence-corrected chi connectivity index (χ2v) is 9.33. The second-order valence-electron chi connectivity index (χ2n) is 7.89. The lowest BCUT2D eigenvalue weighted by Crippen LogP contribution is -2.49. The van der Waals surface area contributed by atoms with Crippen molar-refractivity contribution in [3.8, 4) is 10.4 Å². The van der Waals surface area contributed by atoms with E-state index in [0.29, 0.717) is 10.7 Å². The lowest BCUT2D eigenvalue weighted by molar-refractivity contribution is 0.0602. The van der Waals surface area contributed by atoms with Gasteiger partial charge >= 0.3 is 5.97 Å². The van der Waals surface area contributed by atoms with Gasteiger partial charge in [0.05, 0.1) is 12.7 Å². The number of anilines is 1. The van der Waals surface area contributed by atoms with E-state index in [1.807, 2.05) is 36.4 Å². The molecule has 1 aromatic heterocycles. The van der Waals surface area contributed by atoms with Crippen molar-refractivity contribution in [1.29, 1.82) is 0 Å². The standard InChI is InChI=1S/C25H27N3O2S2/c1-18-8-10-19(11-9-18)17-27-12-14-28(15-13-27)25(31)26-23-21(24(29)30-2)16-22(32-23)20-6-4-3-5-7-20/h3-11,16H,12-15,17H2,1-2H3,(H,26,31). The number of carbonyl (C=O) groups is 1. The average molecular weight is 466 g/mol. The number of carbonyl (C=O) groups excluding carboxylic acids is 1. The fraction of sp³-hybridized carbons (Fsp3) is 0.280. The number of thiocarbonyl (C=S) groups is 1. The third kappa shape index (κ3) is 5.35. The lowest BCUT2D eigenvalue weighted by Gasteiger charge is -2.36. The van der Waals surface area contributed by atoms with Gasteiger partial charge in [-0.25, -0.2) is 4.79 Å². The SMILES string of the molecule is COC(=O)c1cc(-c2ccccc2)sc1NC(=S)N1CCN(Cc2ccc(C)cc2)CC1. The molecule has 1 fully saturated rings. The van der Waals surface area contributed by atoms with Crippen LogP contribution < -0.4 is 5.32 Å². The molecule has 7 heteroatoms. The summed E-state index contributed by atoms with van der Waals surface area (Å²) < 4.78 is 5.00. The first-order chi connectivity index (χ1) is 15.5. The molecule has 3 aromatic rings. The number of hydrogen-bond donors (Lipinski definition) is 1. The summed E-state index contributed by atoms with van der Waals surface area (Å²) in [4.78, 5) is 18.0. The zero-order valence-electron chi connectivity index (χ0n) is 18.3. The summed E-state index contributed by atoms with van der Waals surface area (Å²) in [5.74, 6) is -0.364. The highest BCUT2D eigenvalue weighted by atomic mass is 32.1. The van der Waals surface area contributed by atoms with Crippen molar-refractivity contribution in [2.24, 2.45) is 0 Å². The van der Waals surface area contributed by atoms with E-state index < -0.39 is 0 Å². The molecule has 0 radical (unpaired) electrons. The maximum Gasteiger partial charge on any atom is 0.340 e. The van der Waals surface area contributed by atoms with Gasteiger partial charge < -0.3 is 15.0 Å². The molecule has 2 heterocycles. The number of rotatable bonds is 5. The maximum atomic E-state index is 12.4. The van der Waals surface area contributed by atoms with Gasteiger partial charge in [-0.05, 0) is 36.3 Å². The minimum Gasteiger partial charge on any atom is -0.465 e. The molecule has 1 aliphatic rings. The van der Waals surface area contributed by atoms with Crippen molar-refractivity contribution in [2.45, 2.75) is 13.5 Å². The fourth-order valence-corrected chi connectivity index (χ4v) is 5.13. The fourth-order valence-electron chi connectivity index (χ4n) is 3.73. The van der Waals surface area contributed by atoms with Crippen LogP contribution in [0.3, 0.4) is 0 Å². The topological polar surface area (TPSA) is 44.8 Å². The Morgan fingerprint density at radius 1 is 1.06 bits per heavy atom. The highest BCUT2D eigenvalue weighted by Gasteiger charge is 2.23. The van der Waals surface area contributed by atoms with Crippen LogP contribution in [0, 0.1) is 6.92 Å². The van der Waals surface area contributed by atoms with Gasteiger partial charge in [0.15, 0.2) is 5.11 Å². The second kappa shape index (κ2) is 10.3. The van der Waals surface area contributed by atoms with Crippen LogP contribution in [0.2, 0.25) is 0 Å². The number of nitrogens with one attached hydrogen (secondary N) is 1. The molecule has 0 aliphatic carbocycles. The Bertz CT molecular complexity index is 1070. The van der Waals surface area contributed by atoms with Gasteiger partial charge in [0.25, 0.3) is 0 Å². The van der Waals surface area contributed by atoms with Gasteiger partial charge in [0.2, 0.25) is 0 Å². The maximum absolute atomic E-state index is 12.4. The molecule has 0 atom stereocenters. The van der Waals surface area contributed by atoms with E-state index in [-0.39, 0.29) is 5.97 Å². The summed E-state index contributed by atoms with van der Waals surface area (Å²) in [5.41, 5.74) is 4.19. The van der Waals surface area contributed by atoms with Crippen LogP contribution in [0.5, 0.6) is 0 Å². The molecule has 1 aliphatic heterocycles. The lowest BCUT2D eigenvalue weighted by atomic mass is 10.1. The molecule has 1 N–H and O–H groups in total. The number of aryl methyl sites for hydroxylation is 1. The number of methoxy groups -OCH3 is 1. The van der Waals surface area contributed by atoms with Gasteiger partial charge in [0.1, 0.15) is 5.00 Å². The summed E-state index contributed by atoms with van der Waals surface area (Å²) in [5, 5.41) is 4.68. The van der Waals surface area contributed by atoms with Crippen LogP contribution >= 0.6 is 23.6 Å². The third-order valence-electron chi connectivity index (χ3n) is 5.60. The summed E-state index contributed by atoms with van der Waals surface area (Å²) in [6.07, 6.45) is 0. The Hall–Kier alpha value is -2.74. The van der Waals surface area contributed by atoms with Crippen molar-refractivity contribution >= 4 is 39.6 Å². The molecule has 0 saturated carbocycles. The summed E-state index contributed by atoms with van der Waals surface area (Å²) in [6, 6.07) is 20.6. The minimum atomic E-state index is -0.364. The first-order valence-electron chi connectivity index (χ1n) is 10.6. The van der Waals surface area contributed by atoms with Crippen molar-refractivity contribution in [1.82, 2.24) is 9.80 Å². The van der Waals surface area contributed by atoms with E-state index in [4.69, 9.17) is 17.0 Å². The zero-order chi connectivity index (χ0) is 22.5. The molecule has 2 aromatic carbocycles. The first-order valence-corrected chi connectivity index (χ1v) is 11.9. The van der Waals surface area contributed by atoms with Crippen molar-refractivity contribution in [3.05, 3.63) is 77.4 Å². The van der Waals surface area contributed by atoms with Crippen molar-refractivity contribution in [3.63, 3.8) is 0 Å². The minimum absolute atomic E-state index is 0.364. The molecular weight excluding hydrogens is 438 g/mol. The Kier molecular flexibility index (Phi) is 7.19.